The topological polar surface area (TPSA) is 17.1 Å². The van der Waals surface area contributed by atoms with Gasteiger partial charge in [0.15, 0.2) is 0 Å². The summed E-state index contributed by atoms with van der Waals surface area (Å²) >= 11 is 9.73. The van der Waals surface area contributed by atoms with Gasteiger partial charge in [-0.15, -0.1) is 56.7 Å². The van der Waals surface area contributed by atoms with Crippen LogP contribution in [0, 0.1) is 83.1 Å². The van der Waals surface area contributed by atoms with Crippen LogP contribution in [0.2, 0.25) is 0 Å². The molecule has 0 saturated carbocycles. The Morgan fingerprint density at radius 3 is 0.831 bits per heavy atom. The number of rotatable bonds is 4. The van der Waals surface area contributed by atoms with Gasteiger partial charge >= 0.3 is 0 Å². The lowest BCUT2D eigenvalue weighted by Crippen LogP contribution is -1.95. The summed E-state index contributed by atoms with van der Waals surface area (Å²) in [4.78, 5) is 7.12. The lowest BCUT2D eigenvalue weighted by atomic mass is 9.97. The molecule has 0 N–H and O–H groups in total. The van der Waals surface area contributed by atoms with Crippen LogP contribution in [0.25, 0.3) is 91.5 Å². The van der Waals surface area contributed by atoms with E-state index in [0.717, 1.165) is 9.79 Å². The maximum Gasteiger partial charge on any atom is 0.0892 e. The van der Waals surface area contributed by atoms with Crippen molar-refractivity contribution in [2.45, 2.75) is 92.9 Å². The molecule has 0 spiro atoms. The van der Waals surface area contributed by atoms with E-state index in [9.17, 15) is 0 Å². The van der Waals surface area contributed by atoms with E-state index in [4.69, 9.17) is 0 Å². The van der Waals surface area contributed by atoms with Gasteiger partial charge in [0.1, 0.15) is 0 Å². The highest BCUT2D eigenvalue weighted by Gasteiger charge is 2.38. The second kappa shape index (κ2) is 13.0. The molecule has 0 amide bonds. The molecule has 5 aromatic carbocycles. The zero-order chi connectivity index (χ0) is 41.2. The Morgan fingerprint density at radius 1 is 0.305 bits per heavy atom. The molecule has 0 fully saturated rings. The summed E-state index contributed by atoms with van der Waals surface area (Å²) in [5.41, 5.74) is 20.6. The van der Waals surface area contributed by atoms with Gasteiger partial charge in [-0.3, -0.25) is 0 Å². The largest absolute Gasteiger partial charge is 0.249 e. The van der Waals surface area contributed by atoms with Crippen LogP contribution in [0.15, 0.2) is 58.3 Å². The molecule has 294 valence electrons. The quantitative estimate of drug-likeness (QED) is 0.172. The van der Waals surface area contributed by atoms with Crippen molar-refractivity contribution in [3.8, 4) is 41.8 Å². The Hall–Kier alpha value is -3.95. The van der Waals surface area contributed by atoms with E-state index in [0.29, 0.717) is 0 Å². The highest BCUT2D eigenvalue weighted by atomic mass is 32.2. The van der Waals surface area contributed by atoms with Crippen molar-refractivity contribution in [1.82, 2.24) is 0 Å². The third-order valence-corrected chi connectivity index (χ3v) is 21.0. The van der Waals surface area contributed by atoms with Crippen LogP contribution in [0.3, 0.4) is 0 Å². The number of fused-ring (bicyclic) bond motifs is 2. The first kappa shape index (κ1) is 38.0. The second-order valence-electron chi connectivity index (χ2n) is 17.3. The van der Waals surface area contributed by atoms with E-state index >= 15 is 4.21 Å². The fraction of sp³-hybridized carbons (Fsp3) is 0.231. The van der Waals surface area contributed by atoms with Crippen LogP contribution >= 0.6 is 56.7 Å². The summed E-state index contributed by atoms with van der Waals surface area (Å²) < 4.78 is 23.9. The molecule has 5 aromatic heterocycles. The summed E-state index contributed by atoms with van der Waals surface area (Å²) in [5.74, 6) is 0. The van der Waals surface area contributed by atoms with Gasteiger partial charge in [-0.2, -0.15) is 0 Å². The number of aryl methyl sites for hydroxylation is 12. The van der Waals surface area contributed by atoms with Crippen molar-refractivity contribution in [3.63, 3.8) is 0 Å². The molecule has 0 atom stereocenters. The monoisotopic (exact) mass is 876 g/mol. The SMILES string of the molecule is Cc1cc(C)c(-c2sc3c4sc(-c5c(C)cc(C)cc5C)c5sc6c(-c7c(C)cc(C)cc7C)sc(c7sc(-c8c(C)cc(C)cc8C)c8c7c3c2S8=O)c6c54)c(C)c1. The van der Waals surface area contributed by atoms with Crippen LogP contribution in [-0.4, -0.2) is 4.21 Å². The third kappa shape index (κ3) is 5.19. The van der Waals surface area contributed by atoms with E-state index in [1.165, 1.54) is 158 Å². The molecular formula is C52H44OS6. The van der Waals surface area contributed by atoms with Gasteiger partial charge in [0, 0.05) is 21.5 Å². The zero-order valence-corrected chi connectivity index (χ0v) is 40.4. The van der Waals surface area contributed by atoms with Gasteiger partial charge in [-0.25, -0.2) is 4.21 Å². The number of hydrogen-bond acceptors (Lipinski definition) is 6. The van der Waals surface area contributed by atoms with Crippen LogP contribution in [0.1, 0.15) is 66.8 Å². The Kier molecular flexibility index (Phi) is 8.39. The summed E-state index contributed by atoms with van der Waals surface area (Å²) in [6, 6.07) is 18.6. The molecular weight excluding hydrogens is 833 g/mol. The third-order valence-electron chi connectivity index (χ3n) is 12.6. The number of hydrogen-bond donors (Lipinski definition) is 0. The smallest absolute Gasteiger partial charge is 0.0892 e. The molecule has 10 aromatic rings. The summed E-state index contributed by atoms with van der Waals surface area (Å²) in [5, 5.41) is 5.21. The molecule has 0 bridgehead atoms. The van der Waals surface area contributed by atoms with Crippen LogP contribution in [0.4, 0.5) is 0 Å². The van der Waals surface area contributed by atoms with Crippen molar-refractivity contribution in [3.05, 3.63) is 115 Å². The lowest BCUT2D eigenvalue weighted by Gasteiger charge is -2.13. The minimum absolute atomic E-state index is 1.02. The van der Waals surface area contributed by atoms with Gasteiger partial charge in [0.2, 0.25) is 0 Å². The van der Waals surface area contributed by atoms with Gasteiger partial charge in [0.05, 0.1) is 68.3 Å². The standard InChI is InChI=1S/C52H44OS6/c1-21-13-25(5)33(26(6)14-21)41-43-37-38-44(56-43)42(34-27(7)15-22(2)16-28(34)8)55-46(38)48-40-39-47(45(37)54-41)57-49(35-29(9)17-23(3)18-30(35)10)51(39)59(53)52(40)50(58-48)36-31(11)19-24(4)20-32(36)12/h13-20H,1-12H3. The lowest BCUT2D eigenvalue weighted by molar-refractivity contribution is 0.685. The summed E-state index contributed by atoms with van der Waals surface area (Å²) in [6.07, 6.45) is 0. The fourth-order valence-corrected chi connectivity index (χ4v) is 20.8. The van der Waals surface area contributed by atoms with Crippen LogP contribution < -0.4 is 0 Å². The van der Waals surface area contributed by atoms with Gasteiger partial charge < -0.3 is 0 Å². The summed E-state index contributed by atoms with van der Waals surface area (Å²) in [6.45, 7) is 26.9. The van der Waals surface area contributed by atoms with Crippen molar-refractivity contribution >= 4 is 117 Å². The Bertz CT molecular complexity index is 3260. The maximum absolute atomic E-state index is 15.9. The minimum Gasteiger partial charge on any atom is -0.249 e. The van der Waals surface area contributed by atoms with E-state index < -0.39 is 10.8 Å². The average molecular weight is 877 g/mol. The predicted molar refractivity (Wildman–Crippen MR) is 267 cm³/mol. The molecule has 6 heterocycles. The van der Waals surface area contributed by atoms with Crippen LogP contribution in [0.5, 0.6) is 0 Å². The highest BCUT2D eigenvalue weighted by Crippen LogP contribution is 2.64. The molecule has 59 heavy (non-hydrogen) atoms. The number of benzene rings is 4. The number of thiophene rings is 5. The second-order valence-corrected chi connectivity index (χ2v) is 23.8. The predicted octanol–water partition coefficient (Wildman–Crippen LogP) is 17.6. The molecule has 0 unspecified atom stereocenters. The maximum atomic E-state index is 15.9. The van der Waals surface area contributed by atoms with E-state index in [1.807, 2.05) is 56.7 Å². The minimum atomic E-state index is -1.37. The van der Waals surface area contributed by atoms with Crippen molar-refractivity contribution in [1.29, 1.82) is 0 Å². The molecule has 0 aliphatic carbocycles. The molecule has 0 saturated heterocycles. The van der Waals surface area contributed by atoms with E-state index in [2.05, 4.69) is 132 Å². The fourth-order valence-electron chi connectivity index (χ4n) is 10.8. The van der Waals surface area contributed by atoms with Crippen molar-refractivity contribution in [2.75, 3.05) is 0 Å². The Morgan fingerprint density at radius 2 is 0.542 bits per heavy atom. The zero-order valence-electron chi connectivity index (χ0n) is 35.5. The van der Waals surface area contributed by atoms with Gasteiger partial charge in [-0.05, 0) is 150 Å². The highest BCUT2D eigenvalue weighted by molar-refractivity contribution is 7.87. The van der Waals surface area contributed by atoms with E-state index in [-0.39, 0.29) is 0 Å². The Labute approximate surface area is 368 Å². The van der Waals surface area contributed by atoms with Gasteiger partial charge in [0.25, 0.3) is 0 Å². The van der Waals surface area contributed by atoms with Crippen molar-refractivity contribution in [2.24, 2.45) is 0 Å². The normalized spacial score (nSPS) is 13.1. The molecule has 0 radical (unpaired) electrons. The molecule has 1 aliphatic rings. The molecule has 11 rings (SSSR count). The first-order valence-electron chi connectivity index (χ1n) is 20.2. The first-order valence-corrected chi connectivity index (χ1v) is 25.5. The van der Waals surface area contributed by atoms with Gasteiger partial charge in [-0.1, -0.05) is 70.8 Å². The van der Waals surface area contributed by atoms with E-state index in [1.54, 1.807) is 0 Å². The average Bonchev–Trinajstić information content (AvgIpc) is 3.95. The first-order chi connectivity index (χ1) is 28.1. The summed E-state index contributed by atoms with van der Waals surface area (Å²) in [7, 11) is -1.37. The Balaban J connectivity index is 1.42. The molecule has 7 heteroatoms. The van der Waals surface area contributed by atoms with Crippen LogP contribution in [-0.2, 0) is 10.8 Å². The molecule has 1 nitrogen and oxygen atoms in total. The molecule has 1 aliphatic heterocycles. The van der Waals surface area contributed by atoms with Crippen molar-refractivity contribution < 1.29 is 4.21 Å².